The van der Waals surface area contributed by atoms with Gasteiger partial charge in [0.2, 0.25) is 17.7 Å². The Morgan fingerprint density at radius 1 is 0.552 bits per heavy atom. The van der Waals surface area contributed by atoms with Crippen molar-refractivity contribution in [2.45, 2.75) is 306 Å². The minimum Gasteiger partial charge on any atom is -0.480 e. The molecule has 96 heavy (non-hydrogen) atoms. The van der Waals surface area contributed by atoms with Gasteiger partial charge >= 0.3 is 18.0 Å². The second-order valence-corrected chi connectivity index (χ2v) is 37.8. The minimum atomic E-state index is -3.28. The summed E-state index contributed by atoms with van der Waals surface area (Å²) in [7, 11) is -6.50. The van der Waals surface area contributed by atoms with Gasteiger partial charge in [-0.15, -0.1) is 12.4 Å². The van der Waals surface area contributed by atoms with Crippen LogP contribution in [0.2, 0.25) is 0 Å². The average Bonchev–Trinajstić information content (AvgIpc) is 1.59. The number of nitrogens with one attached hydrogen (secondary N) is 7. The molecule has 6 aliphatic carbocycles. The van der Waals surface area contributed by atoms with E-state index in [0.717, 1.165) is 83.5 Å². The SMILES string of the molecule is CC(C)(C)[C@H](NC(=O)NC1([C@@H]2CCS2(=O)=O)CCCCC1)C(=O)N1C[C@H]2[C@@H]([C@H]1C(=O)O)C2(C)C.CCCC[C@H](N)C(O)C(=O)NC1CC1.CCCC[C@H](NC(=O)[C@@H]1[C@@H]2[C@H](CN1C(=O)[C@@H](NC(=O)NC1([C@@H]3CCS3(=O)=O)CCCCC1)C(C)(C)C)C2(C)C)C(O)C(=O)NC1CC1.Cl. The Labute approximate surface area is 576 Å². The van der Waals surface area contributed by atoms with Gasteiger partial charge in [-0.25, -0.2) is 31.2 Å². The summed E-state index contributed by atoms with van der Waals surface area (Å²) in [5.41, 5.74) is 2.37. The number of unbranched alkanes of at least 4 members (excludes halogenated alkanes) is 2. The Morgan fingerprint density at radius 3 is 1.27 bits per heavy atom. The molecule has 548 valence electrons. The minimum absolute atomic E-state index is 0. The van der Waals surface area contributed by atoms with Crippen LogP contribution in [0.4, 0.5) is 9.59 Å². The van der Waals surface area contributed by atoms with Crippen molar-refractivity contribution in [3.8, 4) is 0 Å². The molecule has 28 heteroatoms. The number of rotatable bonds is 23. The highest BCUT2D eigenvalue weighted by molar-refractivity contribution is 7.93. The lowest BCUT2D eigenvalue weighted by Crippen LogP contribution is -2.67. The Bertz CT molecular complexity index is 3070. The van der Waals surface area contributed by atoms with Gasteiger partial charge in [-0.2, -0.15) is 0 Å². The number of nitrogens with zero attached hydrogens (tertiary/aromatic N) is 2. The van der Waals surface area contributed by atoms with Crippen molar-refractivity contribution in [2.24, 2.45) is 51.1 Å². The first-order valence-electron chi connectivity index (χ1n) is 35.7. The molecule has 25 nitrogen and oxygen atoms in total. The zero-order chi connectivity index (χ0) is 70.3. The van der Waals surface area contributed by atoms with E-state index in [9.17, 15) is 70.5 Å². The predicted molar refractivity (Wildman–Crippen MR) is 367 cm³/mol. The van der Waals surface area contributed by atoms with Crippen molar-refractivity contribution in [2.75, 3.05) is 24.6 Å². The summed E-state index contributed by atoms with van der Waals surface area (Å²) in [5.74, 6) is -2.65. The molecular formula is C68H117ClN10O15S2. The monoisotopic (exact) mass is 1410 g/mol. The van der Waals surface area contributed by atoms with Gasteiger partial charge in [0.15, 0.2) is 25.8 Å². The van der Waals surface area contributed by atoms with Gasteiger partial charge in [0.1, 0.15) is 30.3 Å². The van der Waals surface area contributed by atoms with Crippen LogP contribution in [-0.2, 0) is 48.4 Å². The quantitative estimate of drug-likeness (QED) is 0.0633. The van der Waals surface area contributed by atoms with Gasteiger partial charge in [-0.05, 0) is 116 Å². The number of nitrogens with two attached hydrogens (primary N) is 1. The lowest BCUT2D eigenvalue weighted by molar-refractivity contribution is -0.152. The number of piperidine rings is 2. The molecule has 10 aliphatic rings. The molecule has 0 spiro atoms. The highest BCUT2D eigenvalue weighted by Crippen LogP contribution is 2.66. The fourth-order valence-corrected chi connectivity index (χ4v) is 20.2. The van der Waals surface area contributed by atoms with Gasteiger partial charge in [0.05, 0.1) is 39.1 Å². The van der Waals surface area contributed by atoms with E-state index >= 15 is 0 Å². The highest BCUT2D eigenvalue weighted by Gasteiger charge is 2.71. The number of hydrogen-bond donors (Lipinski definition) is 11. The number of amides is 9. The third kappa shape index (κ3) is 17.6. The number of aliphatic carboxylic acids is 1. The van der Waals surface area contributed by atoms with Crippen LogP contribution in [0.15, 0.2) is 0 Å². The molecule has 4 saturated heterocycles. The molecule has 0 bridgehead atoms. The van der Waals surface area contributed by atoms with Crippen LogP contribution in [-0.4, -0.2) is 196 Å². The van der Waals surface area contributed by atoms with E-state index in [1.165, 1.54) is 4.90 Å². The van der Waals surface area contributed by atoms with Crippen molar-refractivity contribution in [1.29, 1.82) is 0 Å². The second-order valence-electron chi connectivity index (χ2n) is 33.2. The molecule has 0 aromatic carbocycles. The van der Waals surface area contributed by atoms with Crippen molar-refractivity contribution < 1.29 is 70.5 Å². The second kappa shape index (κ2) is 30.3. The third-order valence-corrected chi connectivity index (χ3v) is 27.9. The van der Waals surface area contributed by atoms with Crippen LogP contribution in [0.1, 0.15) is 224 Å². The molecule has 9 amide bonds. The van der Waals surface area contributed by atoms with E-state index in [2.05, 4.69) is 58.0 Å². The first kappa shape index (κ1) is 78.8. The standard InChI is InChI=1S/C34H57N5O7S.C24H39N3O6S.C10H20N2O2.ClH/c1-7-8-12-22(26(40)29(42)35-20-13-14-20)36-28(41)25-24-21(33(24,5)6)19-39(25)30(43)27(32(2,3)4)37-31(44)38-34(16-10-9-11-17-34)23-15-18-47(23,45)46;1-22(2,3)18(19(28)27-13-14-16(23(14,4)5)17(27)20(29)30)25-21(31)26-24(10-7-6-8-11-24)15-9-12-34(15,32)33;1-2-3-4-8(11)9(13)10(14)12-7-5-6-7;/h20-27,40H,7-19H2,1-6H3,(H,35,42)(H,36,41)(H2,37,38,44);14-18H,6-13H2,1-5H3,(H,29,30)(H2,25,26,31);7-9,13H,2-6,11H2,1H3,(H,12,14);1H/t21-,22-,23-,24-,25-,26?,27+;14-,15-,16-,17-,18+;8-,9?;/m000./s1. The fraction of sp³-hybridized carbons (Fsp3) is 0.882. The number of aliphatic hydroxyl groups is 2. The summed E-state index contributed by atoms with van der Waals surface area (Å²) in [5, 5.41) is 49.5. The Hall–Kier alpha value is -4.57. The summed E-state index contributed by atoms with van der Waals surface area (Å²) >= 11 is 0. The molecular weight excluding hydrogens is 1300 g/mol. The lowest BCUT2D eigenvalue weighted by Gasteiger charge is -2.47. The van der Waals surface area contributed by atoms with Crippen molar-refractivity contribution in [3.63, 3.8) is 0 Å². The van der Waals surface area contributed by atoms with Gasteiger partial charge in [0, 0.05) is 37.1 Å². The van der Waals surface area contributed by atoms with E-state index in [-0.39, 0.29) is 82.3 Å². The molecule has 4 heterocycles. The summed E-state index contributed by atoms with van der Waals surface area (Å²) in [6.07, 6.45) is 14.8. The number of likely N-dealkylation sites (tertiary alicyclic amines) is 2. The van der Waals surface area contributed by atoms with Gasteiger partial charge in [-0.1, -0.05) is 147 Å². The van der Waals surface area contributed by atoms with Crippen molar-refractivity contribution >= 4 is 79.6 Å². The van der Waals surface area contributed by atoms with E-state index in [1.807, 2.05) is 62.3 Å². The largest absolute Gasteiger partial charge is 0.480 e. The van der Waals surface area contributed by atoms with Crippen molar-refractivity contribution in [3.05, 3.63) is 0 Å². The highest BCUT2D eigenvalue weighted by atomic mass is 35.5. The Morgan fingerprint density at radius 2 is 0.927 bits per heavy atom. The molecule has 14 atom stereocenters. The number of halogens is 1. The maximum absolute atomic E-state index is 14.4. The molecule has 4 aliphatic heterocycles. The van der Waals surface area contributed by atoms with E-state index < -0.39 is 136 Å². The van der Waals surface area contributed by atoms with E-state index in [0.29, 0.717) is 70.9 Å². The molecule has 10 fully saturated rings. The molecule has 12 N–H and O–H groups in total. The zero-order valence-electron chi connectivity index (χ0n) is 59.1. The number of aliphatic hydroxyl groups excluding tert-OH is 2. The predicted octanol–water partition coefficient (Wildman–Crippen LogP) is 5.11. The molecule has 0 aromatic rings. The summed E-state index contributed by atoms with van der Waals surface area (Å²) in [6.45, 7) is 24.1. The van der Waals surface area contributed by atoms with Crippen LogP contribution in [0, 0.1) is 45.3 Å². The summed E-state index contributed by atoms with van der Waals surface area (Å²) in [4.78, 5) is 108. The lowest BCUT2D eigenvalue weighted by atomic mass is 9.78. The maximum Gasteiger partial charge on any atom is 0.326 e. The molecule has 2 unspecified atom stereocenters. The molecule has 10 rings (SSSR count). The number of carbonyl (C=O) groups excluding carboxylic acids is 7. The number of fused-ring (bicyclic) bond motifs is 2. The Balaban J connectivity index is 0.000000231. The number of sulfone groups is 2. The number of carboxylic acid groups (broad SMARTS) is 1. The summed E-state index contributed by atoms with van der Waals surface area (Å²) < 4.78 is 50.4. The van der Waals surface area contributed by atoms with Gasteiger partial charge in [0.25, 0.3) is 11.8 Å². The van der Waals surface area contributed by atoms with Crippen molar-refractivity contribution in [1.82, 2.24) is 47.0 Å². The Kier molecular flexibility index (Phi) is 24.9. The zero-order valence-corrected chi connectivity index (χ0v) is 61.5. The van der Waals surface area contributed by atoms with Crippen LogP contribution < -0.4 is 43.0 Å². The van der Waals surface area contributed by atoms with Crippen LogP contribution in [0.3, 0.4) is 0 Å². The maximum atomic E-state index is 14.4. The van der Waals surface area contributed by atoms with Crippen LogP contribution in [0.5, 0.6) is 0 Å². The topological polar surface area (TPSA) is 382 Å². The van der Waals surface area contributed by atoms with Gasteiger partial charge in [-0.3, -0.25) is 24.0 Å². The summed E-state index contributed by atoms with van der Waals surface area (Å²) in [6, 6.07) is -5.62. The first-order chi connectivity index (χ1) is 44.2. The average molecular weight is 1410 g/mol. The number of carbonyl (C=O) groups is 8. The fourth-order valence-electron chi connectivity index (χ4n) is 16.5. The molecule has 0 aromatic heterocycles. The third-order valence-electron chi connectivity index (χ3n) is 23.2. The normalized spacial score (nSPS) is 29.8. The number of carboxylic acids is 1. The van der Waals surface area contributed by atoms with E-state index in [4.69, 9.17) is 5.73 Å². The van der Waals surface area contributed by atoms with Crippen LogP contribution in [0.25, 0.3) is 0 Å². The van der Waals surface area contributed by atoms with Gasteiger partial charge < -0.3 is 68.1 Å². The van der Waals surface area contributed by atoms with Crippen LogP contribution >= 0.6 is 12.4 Å². The molecule has 0 radical (unpaired) electrons. The molecule has 6 saturated carbocycles. The number of hydrogen-bond acceptors (Lipinski definition) is 15. The smallest absolute Gasteiger partial charge is 0.326 e. The van der Waals surface area contributed by atoms with E-state index in [1.54, 1.807) is 4.90 Å². The number of urea groups is 2. The first-order valence-corrected chi connectivity index (χ1v) is 39.1.